The van der Waals surface area contributed by atoms with Crippen molar-refractivity contribution in [2.24, 2.45) is 0 Å². The van der Waals surface area contributed by atoms with Crippen molar-refractivity contribution < 1.29 is 22.0 Å². The topological polar surface area (TPSA) is 66.5 Å². The Hall–Kier alpha value is -1.11. The highest BCUT2D eigenvalue weighted by Crippen LogP contribution is 2.21. The maximum Gasteiger partial charge on any atom is 0.252 e. The van der Waals surface area contributed by atoms with Gasteiger partial charge in [0.25, 0.3) is 10.0 Å². The van der Waals surface area contributed by atoms with E-state index in [1.165, 1.54) is 35.7 Å². The van der Waals surface area contributed by atoms with Crippen molar-refractivity contribution in [1.29, 1.82) is 0 Å². The highest BCUT2D eigenvalue weighted by Gasteiger charge is 2.24. The second kappa shape index (κ2) is 7.20. The van der Waals surface area contributed by atoms with E-state index in [0.717, 1.165) is 27.8 Å². The van der Waals surface area contributed by atoms with Gasteiger partial charge in [-0.25, -0.2) is 17.2 Å². The Bertz CT molecular complexity index is 803. The van der Waals surface area contributed by atoms with Gasteiger partial charge in [0.15, 0.2) is 0 Å². The molecule has 1 aromatic carbocycles. The van der Waals surface area contributed by atoms with Gasteiger partial charge >= 0.3 is 0 Å². The number of anilines is 1. The normalized spacial score (nSPS) is 11.7. The lowest BCUT2D eigenvalue weighted by molar-refractivity contribution is -0.116. The van der Waals surface area contributed by atoms with Crippen molar-refractivity contribution in [2.75, 3.05) is 18.9 Å². The van der Waals surface area contributed by atoms with Crippen molar-refractivity contribution in [3.63, 3.8) is 0 Å². The van der Waals surface area contributed by atoms with Crippen molar-refractivity contribution in [1.82, 2.24) is 4.31 Å². The number of amides is 1. The number of carbonyl (C=O) groups excluding carboxylic acids is 1. The van der Waals surface area contributed by atoms with Gasteiger partial charge in [0.05, 0.1) is 10.1 Å². The van der Waals surface area contributed by atoms with E-state index in [4.69, 9.17) is 0 Å². The number of thiophene rings is 1. The molecule has 2 rings (SSSR count). The molecule has 0 radical (unpaired) electrons. The molecular weight excluding hydrogens is 461 g/mol. The quantitative estimate of drug-likeness (QED) is 0.538. The Kier molecular flexibility index (Phi) is 5.70. The zero-order valence-corrected chi connectivity index (χ0v) is 15.5. The van der Waals surface area contributed by atoms with E-state index in [9.17, 15) is 22.0 Å². The molecule has 1 amide bonds. The summed E-state index contributed by atoms with van der Waals surface area (Å²) in [5.74, 6) is -2.31. The molecule has 0 unspecified atom stereocenters. The molecule has 0 saturated heterocycles. The number of hydrogen-bond donors (Lipinski definition) is 1. The van der Waals surface area contributed by atoms with Crippen molar-refractivity contribution in [3.8, 4) is 0 Å². The number of nitrogens with one attached hydrogen (secondary N) is 1. The van der Waals surface area contributed by atoms with E-state index >= 15 is 0 Å². The molecule has 0 fully saturated rings. The number of sulfonamides is 1. The molecule has 10 heteroatoms. The average molecular weight is 472 g/mol. The molecule has 2 aromatic rings. The molecule has 1 aromatic heterocycles. The maximum atomic E-state index is 13.4. The summed E-state index contributed by atoms with van der Waals surface area (Å²) in [5.41, 5.74) is -0.0765. The third-order valence-electron chi connectivity index (χ3n) is 2.79. The van der Waals surface area contributed by atoms with Crippen LogP contribution in [0.4, 0.5) is 14.5 Å². The minimum Gasteiger partial charge on any atom is -0.325 e. The molecule has 5 nitrogen and oxygen atoms in total. The zero-order chi connectivity index (χ0) is 17.2. The zero-order valence-electron chi connectivity index (χ0n) is 11.7. The van der Waals surface area contributed by atoms with Gasteiger partial charge in [-0.2, -0.15) is 4.31 Å². The van der Waals surface area contributed by atoms with Crippen LogP contribution in [0.1, 0.15) is 0 Å². The molecule has 0 aliphatic carbocycles. The van der Waals surface area contributed by atoms with Gasteiger partial charge in [-0.3, -0.25) is 4.79 Å². The minimum absolute atomic E-state index is 0.0765. The standard InChI is InChI=1S/C13H11F2IN2O3S2/c1-18(23(20,21)12-3-2-4-22-12)7-11(19)17-8-5-9(14)13(16)10(15)6-8/h2-6H,7H2,1H3,(H,17,19). The van der Waals surface area contributed by atoms with Crippen molar-refractivity contribution in [3.05, 3.63) is 44.9 Å². The average Bonchev–Trinajstić information content (AvgIpc) is 2.99. The Balaban J connectivity index is 2.08. The van der Waals surface area contributed by atoms with E-state index in [1.54, 1.807) is 11.4 Å². The molecule has 23 heavy (non-hydrogen) atoms. The highest BCUT2D eigenvalue weighted by molar-refractivity contribution is 14.1. The summed E-state index contributed by atoms with van der Waals surface area (Å²) in [6, 6.07) is 4.95. The lowest BCUT2D eigenvalue weighted by Gasteiger charge is -2.15. The summed E-state index contributed by atoms with van der Waals surface area (Å²) < 4.78 is 52.0. The van der Waals surface area contributed by atoms with Gasteiger partial charge in [0.1, 0.15) is 15.8 Å². The van der Waals surface area contributed by atoms with Crippen molar-refractivity contribution in [2.45, 2.75) is 4.21 Å². The second-order valence-electron chi connectivity index (χ2n) is 4.50. The molecule has 0 aliphatic rings. The van der Waals surface area contributed by atoms with Gasteiger partial charge in [0.2, 0.25) is 5.91 Å². The Morgan fingerprint density at radius 1 is 1.35 bits per heavy atom. The highest BCUT2D eigenvalue weighted by atomic mass is 127. The summed E-state index contributed by atoms with van der Waals surface area (Å²) in [4.78, 5) is 11.9. The van der Waals surface area contributed by atoms with Crippen LogP contribution < -0.4 is 5.32 Å². The van der Waals surface area contributed by atoms with Gasteiger partial charge in [-0.05, 0) is 46.2 Å². The summed E-state index contributed by atoms with van der Waals surface area (Å²) in [6.45, 7) is -0.477. The van der Waals surface area contributed by atoms with Gasteiger partial charge in [-0.15, -0.1) is 11.3 Å². The fourth-order valence-corrected chi connectivity index (χ4v) is 4.32. The van der Waals surface area contributed by atoms with Crippen molar-refractivity contribution >= 4 is 55.5 Å². The molecule has 1 N–H and O–H groups in total. The fraction of sp³-hybridized carbons (Fsp3) is 0.154. The summed E-state index contributed by atoms with van der Waals surface area (Å²) in [7, 11) is -2.51. The summed E-state index contributed by atoms with van der Waals surface area (Å²) in [6.07, 6.45) is 0. The molecule has 1 heterocycles. The van der Waals surface area contributed by atoms with E-state index in [1.807, 2.05) is 0 Å². The molecule has 0 aliphatic heterocycles. The largest absolute Gasteiger partial charge is 0.325 e. The fourth-order valence-electron chi connectivity index (χ4n) is 1.68. The number of likely N-dealkylation sites (N-methyl/N-ethyl adjacent to an activating group) is 1. The number of carbonyl (C=O) groups is 1. The summed E-state index contributed by atoms with van der Waals surface area (Å²) in [5, 5.41) is 3.88. The van der Waals surface area contributed by atoms with Crippen LogP contribution in [0.3, 0.4) is 0 Å². The van der Waals surface area contributed by atoms with Crippen LogP contribution in [0.2, 0.25) is 0 Å². The number of rotatable bonds is 5. The molecule has 0 spiro atoms. The lowest BCUT2D eigenvalue weighted by Crippen LogP contribution is -2.34. The molecule has 124 valence electrons. The number of benzene rings is 1. The van der Waals surface area contributed by atoms with Crippen LogP contribution in [-0.2, 0) is 14.8 Å². The first-order valence-electron chi connectivity index (χ1n) is 6.16. The maximum absolute atomic E-state index is 13.4. The molecule has 0 saturated carbocycles. The first-order chi connectivity index (χ1) is 10.7. The third-order valence-corrected chi connectivity index (χ3v) is 7.00. The Labute approximate surface area is 149 Å². The van der Waals surface area contributed by atoms with Crippen LogP contribution in [-0.4, -0.2) is 32.2 Å². The van der Waals surface area contributed by atoms with E-state index < -0.39 is 34.1 Å². The molecular formula is C13H11F2IN2O3S2. The van der Waals surface area contributed by atoms with Crippen LogP contribution in [0, 0.1) is 15.2 Å². The number of hydrogen-bond acceptors (Lipinski definition) is 4. The van der Waals surface area contributed by atoms with Crippen LogP contribution in [0.25, 0.3) is 0 Å². The van der Waals surface area contributed by atoms with E-state index in [0.29, 0.717) is 0 Å². The van der Waals surface area contributed by atoms with Crippen LogP contribution in [0.5, 0.6) is 0 Å². The first kappa shape index (κ1) is 18.2. The Morgan fingerprint density at radius 3 is 2.48 bits per heavy atom. The predicted molar refractivity (Wildman–Crippen MR) is 91.8 cm³/mol. The van der Waals surface area contributed by atoms with E-state index in [2.05, 4.69) is 5.32 Å². The monoisotopic (exact) mass is 472 g/mol. The third kappa shape index (κ3) is 4.25. The smallest absolute Gasteiger partial charge is 0.252 e. The Morgan fingerprint density at radius 2 is 1.96 bits per heavy atom. The second-order valence-corrected chi connectivity index (χ2v) is 8.79. The van der Waals surface area contributed by atoms with E-state index in [-0.39, 0.29) is 13.5 Å². The van der Waals surface area contributed by atoms with Gasteiger partial charge in [-0.1, -0.05) is 6.07 Å². The minimum atomic E-state index is -3.76. The number of nitrogens with zero attached hydrogens (tertiary/aromatic N) is 1. The SMILES string of the molecule is CN(CC(=O)Nc1cc(F)c(I)c(F)c1)S(=O)(=O)c1cccs1. The van der Waals surface area contributed by atoms with Crippen LogP contribution >= 0.6 is 33.9 Å². The molecule has 0 bridgehead atoms. The van der Waals surface area contributed by atoms with Gasteiger partial charge < -0.3 is 5.32 Å². The number of halogens is 3. The molecule has 0 atom stereocenters. The first-order valence-corrected chi connectivity index (χ1v) is 9.56. The van der Waals surface area contributed by atoms with Gasteiger partial charge in [0, 0.05) is 12.7 Å². The lowest BCUT2D eigenvalue weighted by atomic mass is 10.3. The van der Waals surface area contributed by atoms with Crippen LogP contribution in [0.15, 0.2) is 33.9 Å². The predicted octanol–water partition coefficient (Wildman–Crippen LogP) is 2.89. The summed E-state index contributed by atoms with van der Waals surface area (Å²) >= 11 is 2.54.